The molecule has 0 saturated carbocycles. The van der Waals surface area contributed by atoms with Gasteiger partial charge >= 0.3 is 0 Å². The lowest BCUT2D eigenvalue weighted by molar-refractivity contribution is -0.117. The van der Waals surface area contributed by atoms with E-state index in [-0.39, 0.29) is 11.2 Å². The molecule has 114 valence electrons. The molecule has 2 nitrogen and oxygen atoms in total. The van der Waals surface area contributed by atoms with Crippen LogP contribution in [0.5, 0.6) is 0 Å². The SMILES string of the molecule is CC(SC(C)c1ccccc1)C(=O)N1CCc2ccccc21. The molecule has 1 aliphatic rings. The lowest BCUT2D eigenvalue weighted by Gasteiger charge is -2.23. The number of anilines is 1. The first-order valence-electron chi connectivity index (χ1n) is 7.76. The standard InChI is InChI=1S/C19H21NOS/c1-14(16-8-4-3-5-9-16)22-15(2)19(21)20-13-12-17-10-6-7-11-18(17)20/h3-11,14-15H,12-13H2,1-2H3. The molecule has 0 aliphatic carbocycles. The molecule has 1 heterocycles. The zero-order valence-electron chi connectivity index (χ0n) is 13.0. The quantitative estimate of drug-likeness (QED) is 0.831. The van der Waals surface area contributed by atoms with Gasteiger partial charge in [-0.1, -0.05) is 48.5 Å². The number of carbonyl (C=O) groups is 1. The molecule has 2 unspecified atom stereocenters. The van der Waals surface area contributed by atoms with Gasteiger partial charge in [0.15, 0.2) is 0 Å². The number of para-hydroxylation sites is 1. The van der Waals surface area contributed by atoms with Crippen molar-refractivity contribution in [3.8, 4) is 0 Å². The van der Waals surface area contributed by atoms with Crippen LogP contribution >= 0.6 is 11.8 Å². The maximum atomic E-state index is 12.8. The summed E-state index contributed by atoms with van der Waals surface area (Å²) in [4.78, 5) is 14.7. The molecule has 1 amide bonds. The zero-order valence-corrected chi connectivity index (χ0v) is 13.8. The molecule has 0 fully saturated rings. The Hall–Kier alpha value is -1.74. The smallest absolute Gasteiger partial charge is 0.239 e. The van der Waals surface area contributed by atoms with Gasteiger partial charge in [-0.15, -0.1) is 11.8 Å². The molecule has 0 bridgehead atoms. The fraction of sp³-hybridized carbons (Fsp3) is 0.316. The van der Waals surface area contributed by atoms with Crippen molar-refractivity contribution >= 4 is 23.4 Å². The predicted molar refractivity (Wildman–Crippen MR) is 94.4 cm³/mol. The topological polar surface area (TPSA) is 20.3 Å². The summed E-state index contributed by atoms with van der Waals surface area (Å²) in [5, 5.41) is 0.277. The number of thioether (sulfide) groups is 1. The second-order valence-electron chi connectivity index (χ2n) is 5.70. The van der Waals surface area contributed by atoms with Crippen LogP contribution in [-0.4, -0.2) is 17.7 Å². The Balaban J connectivity index is 1.68. The Morgan fingerprint density at radius 1 is 1.05 bits per heavy atom. The van der Waals surface area contributed by atoms with Gasteiger partial charge in [-0.2, -0.15) is 0 Å². The minimum atomic E-state index is -0.0404. The number of hydrogen-bond donors (Lipinski definition) is 0. The van der Waals surface area contributed by atoms with E-state index in [0.717, 1.165) is 18.7 Å². The average molecular weight is 311 g/mol. The van der Waals surface area contributed by atoms with Crippen molar-refractivity contribution in [3.05, 3.63) is 65.7 Å². The fourth-order valence-corrected chi connectivity index (χ4v) is 4.12. The van der Waals surface area contributed by atoms with Gasteiger partial charge in [-0.05, 0) is 37.5 Å². The largest absolute Gasteiger partial charge is 0.311 e. The number of amides is 1. The van der Waals surface area contributed by atoms with Crippen LogP contribution in [0.15, 0.2) is 54.6 Å². The Kier molecular flexibility index (Phi) is 4.53. The van der Waals surface area contributed by atoms with Crippen LogP contribution in [0.4, 0.5) is 5.69 Å². The Morgan fingerprint density at radius 2 is 1.73 bits per heavy atom. The molecular formula is C19H21NOS. The summed E-state index contributed by atoms with van der Waals surface area (Å²) in [6.45, 7) is 5.00. The van der Waals surface area contributed by atoms with Crippen LogP contribution in [0.25, 0.3) is 0 Å². The highest BCUT2D eigenvalue weighted by molar-refractivity contribution is 8.00. The van der Waals surface area contributed by atoms with Crippen molar-refractivity contribution in [1.29, 1.82) is 0 Å². The third-order valence-corrected chi connectivity index (χ3v) is 5.47. The van der Waals surface area contributed by atoms with Crippen LogP contribution in [0, 0.1) is 0 Å². The van der Waals surface area contributed by atoms with E-state index >= 15 is 0 Å². The number of fused-ring (bicyclic) bond motifs is 1. The highest BCUT2D eigenvalue weighted by Gasteiger charge is 2.28. The minimum absolute atomic E-state index is 0.0404. The van der Waals surface area contributed by atoms with Gasteiger partial charge in [0.1, 0.15) is 0 Å². The summed E-state index contributed by atoms with van der Waals surface area (Å²) in [7, 11) is 0. The Bertz CT molecular complexity index is 655. The maximum absolute atomic E-state index is 12.8. The molecule has 0 aromatic heterocycles. The third-order valence-electron chi connectivity index (χ3n) is 4.18. The summed E-state index contributed by atoms with van der Waals surface area (Å²) < 4.78 is 0. The van der Waals surface area contributed by atoms with Crippen LogP contribution in [0.2, 0.25) is 0 Å². The number of carbonyl (C=O) groups excluding carboxylic acids is 1. The normalized spacial score (nSPS) is 16.2. The van der Waals surface area contributed by atoms with E-state index in [1.165, 1.54) is 11.1 Å². The first-order valence-corrected chi connectivity index (χ1v) is 8.71. The highest BCUT2D eigenvalue weighted by atomic mass is 32.2. The van der Waals surface area contributed by atoms with E-state index in [9.17, 15) is 4.79 Å². The Labute approximate surface area is 136 Å². The Morgan fingerprint density at radius 3 is 2.50 bits per heavy atom. The zero-order chi connectivity index (χ0) is 15.5. The molecular weight excluding hydrogens is 290 g/mol. The van der Waals surface area contributed by atoms with Crippen molar-refractivity contribution in [2.45, 2.75) is 30.8 Å². The van der Waals surface area contributed by atoms with Crippen molar-refractivity contribution in [3.63, 3.8) is 0 Å². The summed E-state index contributed by atoms with van der Waals surface area (Å²) >= 11 is 1.73. The monoisotopic (exact) mass is 311 g/mol. The van der Waals surface area contributed by atoms with Crippen LogP contribution in [-0.2, 0) is 11.2 Å². The van der Waals surface area contributed by atoms with E-state index in [1.54, 1.807) is 11.8 Å². The van der Waals surface area contributed by atoms with Crippen molar-refractivity contribution < 1.29 is 4.79 Å². The lowest BCUT2D eigenvalue weighted by Crippen LogP contribution is -2.35. The van der Waals surface area contributed by atoms with Gasteiger partial charge in [0.25, 0.3) is 0 Å². The molecule has 0 N–H and O–H groups in total. The highest BCUT2D eigenvalue weighted by Crippen LogP contribution is 2.35. The molecule has 3 rings (SSSR count). The second kappa shape index (κ2) is 6.57. The van der Waals surface area contributed by atoms with Gasteiger partial charge in [-0.25, -0.2) is 0 Å². The molecule has 2 atom stereocenters. The van der Waals surface area contributed by atoms with Crippen LogP contribution in [0.1, 0.15) is 30.2 Å². The minimum Gasteiger partial charge on any atom is -0.311 e. The van der Waals surface area contributed by atoms with Gasteiger partial charge < -0.3 is 4.90 Å². The first kappa shape index (κ1) is 15.2. The number of hydrogen-bond acceptors (Lipinski definition) is 2. The van der Waals surface area contributed by atoms with E-state index < -0.39 is 0 Å². The molecule has 0 saturated heterocycles. The average Bonchev–Trinajstić information content (AvgIpc) is 2.99. The summed E-state index contributed by atoms with van der Waals surface area (Å²) in [6.07, 6.45) is 0.966. The fourth-order valence-electron chi connectivity index (χ4n) is 2.95. The van der Waals surface area contributed by atoms with Crippen LogP contribution in [0.3, 0.4) is 0 Å². The first-order chi connectivity index (χ1) is 10.7. The van der Waals surface area contributed by atoms with E-state index in [0.29, 0.717) is 5.25 Å². The molecule has 22 heavy (non-hydrogen) atoms. The van der Waals surface area contributed by atoms with Crippen molar-refractivity contribution in [2.75, 3.05) is 11.4 Å². The summed E-state index contributed by atoms with van der Waals surface area (Å²) in [6, 6.07) is 18.6. The molecule has 0 radical (unpaired) electrons. The number of benzene rings is 2. The molecule has 0 spiro atoms. The van der Waals surface area contributed by atoms with Crippen molar-refractivity contribution in [1.82, 2.24) is 0 Å². The second-order valence-corrected chi connectivity index (χ2v) is 7.39. The number of nitrogens with zero attached hydrogens (tertiary/aromatic N) is 1. The summed E-state index contributed by atoms with van der Waals surface area (Å²) in [5.41, 5.74) is 3.64. The number of rotatable bonds is 4. The molecule has 1 aliphatic heterocycles. The van der Waals surface area contributed by atoms with Gasteiger partial charge in [0, 0.05) is 17.5 Å². The molecule has 2 aromatic rings. The summed E-state index contributed by atoms with van der Waals surface area (Å²) in [5.74, 6) is 0.220. The lowest BCUT2D eigenvalue weighted by atomic mass is 10.2. The molecule has 3 heteroatoms. The van der Waals surface area contributed by atoms with Crippen molar-refractivity contribution in [2.24, 2.45) is 0 Å². The van der Waals surface area contributed by atoms with Gasteiger partial charge in [-0.3, -0.25) is 4.79 Å². The van der Waals surface area contributed by atoms with Gasteiger partial charge in [0.2, 0.25) is 5.91 Å². The van der Waals surface area contributed by atoms with Gasteiger partial charge in [0.05, 0.1) is 5.25 Å². The maximum Gasteiger partial charge on any atom is 0.239 e. The van der Waals surface area contributed by atoms with E-state index in [1.807, 2.05) is 30.0 Å². The van der Waals surface area contributed by atoms with Crippen LogP contribution < -0.4 is 4.90 Å². The molecule has 2 aromatic carbocycles. The predicted octanol–water partition coefficient (Wildman–Crippen LogP) is 4.46. The third kappa shape index (κ3) is 3.05. The van der Waals surface area contributed by atoms with E-state index in [2.05, 4.69) is 43.3 Å². The van der Waals surface area contributed by atoms with E-state index in [4.69, 9.17) is 0 Å².